The SMILES string of the molecule is CCCCOC(=O)COc1ccc2c(c1)[C@H](O)CCC2. The van der Waals surface area contributed by atoms with E-state index >= 15 is 0 Å². The Morgan fingerprint density at radius 3 is 3.10 bits per heavy atom. The highest BCUT2D eigenvalue weighted by Crippen LogP contribution is 2.32. The van der Waals surface area contributed by atoms with Crippen molar-refractivity contribution in [2.75, 3.05) is 13.2 Å². The zero-order valence-corrected chi connectivity index (χ0v) is 11.9. The molecule has 20 heavy (non-hydrogen) atoms. The van der Waals surface area contributed by atoms with Gasteiger partial charge in [-0.25, -0.2) is 4.79 Å². The number of aryl methyl sites for hydroxylation is 1. The van der Waals surface area contributed by atoms with Gasteiger partial charge in [0, 0.05) is 0 Å². The van der Waals surface area contributed by atoms with Crippen molar-refractivity contribution < 1.29 is 19.4 Å². The van der Waals surface area contributed by atoms with Crippen molar-refractivity contribution in [3.8, 4) is 5.75 Å². The summed E-state index contributed by atoms with van der Waals surface area (Å²) in [7, 11) is 0. The Hall–Kier alpha value is -1.55. The Morgan fingerprint density at radius 1 is 1.45 bits per heavy atom. The van der Waals surface area contributed by atoms with Gasteiger partial charge in [-0.15, -0.1) is 0 Å². The molecule has 1 aromatic carbocycles. The van der Waals surface area contributed by atoms with Gasteiger partial charge in [0.25, 0.3) is 0 Å². The minimum Gasteiger partial charge on any atom is -0.482 e. The molecule has 0 saturated carbocycles. The average Bonchev–Trinajstić information content (AvgIpc) is 2.46. The lowest BCUT2D eigenvalue weighted by atomic mass is 9.89. The van der Waals surface area contributed by atoms with E-state index in [0.29, 0.717) is 12.4 Å². The molecule has 0 aromatic heterocycles. The number of rotatable bonds is 6. The molecule has 4 heteroatoms. The monoisotopic (exact) mass is 278 g/mol. The van der Waals surface area contributed by atoms with Crippen molar-refractivity contribution in [2.45, 2.75) is 45.1 Å². The molecule has 1 N–H and O–H groups in total. The molecular formula is C16H22O4. The number of esters is 1. The predicted molar refractivity (Wildman–Crippen MR) is 75.7 cm³/mol. The van der Waals surface area contributed by atoms with Crippen molar-refractivity contribution in [3.63, 3.8) is 0 Å². The molecular weight excluding hydrogens is 256 g/mol. The van der Waals surface area contributed by atoms with Gasteiger partial charge in [0.05, 0.1) is 12.7 Å². The zero-order valence-electron chi connectivity index (χ0n) is 11.9. The van der Waals surface area contributed by atoms with E-state index in [1.807, 2.05) is 25.1 Å². The first-order chi connectivity index (χ1) is 9.70. The number of ether oxygens (including phenoxy) is 2. The smallest absolute Gasteiger partial charge is 0.344 e. The molecule has 0 fully saturated rings. The van der Waals surface area contributed by atoms with Crippen LogP contribution in [0.3, 0.4) is 0 Å². The van der Waals surface area contributed by atoms with Crippen LogP contribution in [0.2, 0.25) is 0 Å². The van der Waals surface area contributed by atoms with Gasteiger partial charge in [-0.2, -0.15) is 0 Å². The van der Waals surface area contributed by atoms with E-state index in [9.17, 15) is 9.90 Å². The molecule has 1 atom stereocenters. The van der Waals surface area contributed by atoms with Gasteiger partial charge in [-0.1, -0.05) is 19.4 Å². The highest BCUT2D eigenvalue weighted by atomic mass is 16.6. The third-order valence-electron chi connectivity index (χ3n) is 3.52. The molecule has 0 spiro atoms. The van der Waals surface area contributed by atoms with Crippen molar-refractivity contribution in [1.29, 1.82) is 0 Å². The molecule has 0 amide bonds. The molecule has 0 heterocycles. The van der Waals surface area contributed by atoms with E-state index in [0.717, 1.165) is 37.7 Å². The first kappa shape index (κ1) is 14.9. The third-order valence-corrected chi connectivity index (χ3v) is 3.52. The average molecular weight is 278 g/mol. The number of carbonyl (C=O) groups is 1. The second-order valence-electron chi connectivity index (χ2n) is 5.13. The Morgan fingerprint density at radius 2 is 2.30 bits per heavy atom. The van der Waals surface area contributed by atoms with Crippen LogP contribution in [0.1, 0.15) is 49.8 Å². The molecule has 0 radical (unpaired) electrons. The van der Waals surface area contributed by atoms with E-state index in [-0.39, 0.29) is 12.6 Å². The summed E-state index contributed by atoms with van der Waals surface area (Å²) in [4.78, 5) is 11.4. The Labute approximate surface area is 119 Å². The van der Waals surface area contributed by atoms with Crippen LogP contribution in [0.15, 0.2) is 18.2 Å². The molecule has 1 aliphatic rings. The van der Waals surface area contributed by atoms with Crippen LogP contribution in [0.5, 0.6) is 5.75 Å². The summed E-state index contributed by atoms with van der Waals surface area (Å²) in [5.41, 5.74) is 2.09. The fraction of sp³-hybridized carbons (Fsp3) is 0.562. The lowest BCUT2D eigenvalue weighted by molar-refractivity contribution is -0.146. The van der Waals surface area contributed by atoms with E-state index in [1.54, 1.807) is 0 Å². The van der Waals surface area contributed by atoms with Crippen molar-refractivity contribution >= 4 is 5.97 Å². The number of unbranched alkanes of at least 4 members (excludes halogenated alkanes) is 1. The van der Waals surface area contributed by atoms with Crippen molar-refractivity contribution in [1.82, 2.24) is 0 Å². The molecule has 0 saturated heterocycles. The minimum atomic E-state index is -0.418. The van der Waals surface area contributed by atoms with Crippen LogP contribution in [0, 0.1) is 0 Å². The van der Waals surface area contributed by atoms with Gasteiger partial charge in [0.15, 0.2) is 6.61 Å². The predicted octanol–water partition coefficient (Wildman–Crippen LogP) is 2.78. The van der Waals surface area contributed by atoms with E-state index < -0.39 is 6.10 Å². The summed E-state index contributed by atoms with van der Waals surface area (Å²) in [6.07, 6.45) is 4.24. The van der Waals surface area contributed by atoms with Crippen molar-refractivity contribution in [2.24, 2.45) is 0 Å². The van der Waals surface area contributed by atoms with Gasteiger partial charge in [-0.05, 0) is 48.9 Å². The maximum absolute atomic E-state index is 11.4. The summed E-state index contributed by atoms with van der Waals surface area (Å²) in [6, 6.07) is 5.64. The summed E-state index contributed by atoms with van der Waals surface area (Å²) in [6.45, 7) is 2.41. The number of fused-ring (bicyclic) bond motifs is 1. The van der Waals surface area contributed by atoms with Crippen LogP contribution in [-0.4, -0.2) is 24.3 Å². The second kappa shape index (κ2) is 7.29. The molecule has 4 nitrogen and oxygen atoms in total. The molecule has 0 bridgehead atoms. The number of benzene rings is 1. The molecule has 1 aliphatic carbocycles. The number of hydrogen-bond acceptors (Lipinski definition) is 4. The number of aliphatic hydroxyl groups is 1. The van der Waals surface area contributed by atoms with Crippen LogP contribution in [-0.2, 0) is 16.0 Å². The van der Waals surface area contributed by atoms with E-state index in [4.69, 9.17) is 9.47 Å². The Kier molecular flexibility index (Phi) is 5.41. The number of carbonyl (C=O) groups excluding carboxylic acids is 1. The normalized spacial score (nSPS) is 17.4. The fourth-order valence-corrected chi connectivity index (χ4v) is 2.36. The first-order valence-corrected chi connectivity index (χ1v) is 7.30. The van der Waals surface area contributed by atoms with Gasteiger partial charge >= 0.3 is 5.97 Å². The zero-order chi connectivity index (χ0) is 14.4. The summed E-state index contributed by atoms with van der Waals surface area (Å²) in [5.74, 6) is 0.258. The number of hydrogen-bond donors (Lipinski definition) is 1. The summed E-state index contributed by atoms with van der Waals surface area (Å²) < 4.78 is 10.5. The van der Waals surface area contributed by atoms with E-state index in [1.165, 1.54) is 5.56 Å². The molecule has 1 aromatic rings. The highest BCUT2D eigenvalue weighted by Gasteiger charge is 2.18. The molecule has 110 valence electrons. The lowest BCUT2D eigenvalue weighted by Gasteiger charge is -2.21. The van der Waals surface area contributed by atoms with E-state index in [2.05, 4.69) is 0 Å². The van der Waals surface area contributed by atoms with Gasteiger partial charge in [-0.3, -0.25) is 0 Å². The molecule has 2 rings (SSSR count). The second-order valence-corrected chi connectivity index (χ2v) is 5.13. The maximum Gasteiger partial charge on any atom is 0.344 e. The largest absolute Gasteiger partial charge is 0.482 e. The fourth-order valence-electron chi connectivity index (χ4n) is 2.36. The molecule has 0 aliphatic heterocycles. The Balaban J connectivity index is 1.87. The first-order valence-electron chi connectivity index (χ1n) is 7.30. The van der Waals surface area contributed by atoms with Crippen LogP contribution in [0.25, 0.3) is 0 Å². The Bertz CT molecular complexity index is 456. The lowest BCUT2D eigenvalue weighted by Crippen LogP contribution is -2.16. The quantitative estimate of drug-likeness (QED) is 0.642. The van der Waals surface area contributed by atoms with Crippen molar-refractivity contribution in [3.05, 3.63) is 29.3 Å². The minimum absolute atomic E-state index is 0.0847. The molecule has 0 unspecified atom stereocenters. The van der Waals surface area contributed by atoms with Crippen LogP contribution in [0.4, 0.5) is 0 Å². The maximum atomic E-state index is 11.4. The van der Waals surface area contributed by atoms with Gasteiger partial charge in [0.1, 0.15) is 5.75 Å². The van der Waals surface area contributed by atoms with Gasteiger partial charge < -0.3 is 14.6 Å². The third kappa shape index (κ3) is 3.97. The standard InChI is InChI=1S/C16H22O4/c1-2-3-9-19-16(18)11-20-13-8-7-12-5-4-6-15(17)14(12)10-13/h7-8,10,15,17H,2-6,9,11H2,1H3/t15-/m1/s1. The number of aliphatic hydroxyl groups excluding tert-OH is 1. The van der Waals surface area contributed by atoms with Crippen LogP contribution >= 0.6 is 0 Å². The van der Waals surface area contributed by atoms with Gasteiger partial charge in [0.2, 0.25) is 0 Å². The van der Waals surface area contributed by atoms with Crippen LogP contribution < -0.4 is 4.74 Å². The topological polar surface area (TPSA) is 55.8 Å². The summed E-state index contributed by atoms with van der Waals surface area (Å²) >= 11 is 0. The highest BCUT2D eigenvalue weighted by molar-refractivity contribution is 5.71. The summed E-state index contributed by atoms with van der Waals surface area (Å²) in [5, 5.41) is 9.96.